The summed E-state index contributed by atoms with van der Waals surface area (Å²) in [5.41, 5.74) is 1.48. The number of carboxylic acids is 1. The normalized spacial score (nSPS) is 18.3. The van der Waals surface area contributed by atoms with Gasteiger partial charge in [-0.2, -0.15) is 0 Å². The molecular weight excluding hydrogens is 351 g/mol. The van der Waals surface area contributed by atoms with Gasteiger partial charge in [-0.3, -0.25) is 14.4 Å². The van der Waals surface area contributed by atoms with Gasteiger partial charge in [0.05, 0.1) is 11.8 Å². The molecule has 2 amide bonds. The Morgan fingerprint density at radius 2 is 1.78 bits per heavy atom. The molecule has 27 heavy (non-hydrogen) atoms. The molecule has 0 bridgehead atoms. The first-order valence-corrected chi connectivity index (χ1v) is 8.60. The van der Waals surface area contributed by atoms with Crippen LogP contribution in [0.2, 0.25) is 0 Å². The fourth-order valence-electron chi connectivity index (χ4n) is 3.02. The molecule has 6 nitrogen and oxygen atoms in total. The van der Waals surface area contributed by atoms with Gasteiger partial charge in [0, 0.05) is 17.8 Å². The lowest BCUT2D eigenvalue weighted by Crippen LogP contribution is -2.43. The summed E-state index contributed by atoms with van der Waals surface area (Å²) in [6, 6.07) is 12.3. The molecule has 1 aliphatic carbocycles. The highest BCUT2D eigenvalue weighted by Gasteiger charge is 2.41. The van der Waals surface area contributed by atoms with Crippen LogP contribution in [0.15, 0.2) is 48.5 Å². The van der Waals surface area contributed by atoms with Crippen molar-refractivity contribution in [2.75, 3.05) is 5.32 Å². The van der Waals surface area contributed by atoms with Gasteiger partial charge in [-0.05, 0) is 48.7 Å². The Morgan fingerprint density at radius 1 is 1.04 bits per heavy atom. The zero-order valence-electron chi connectivity index (χ0n) is 14.4. The average Bonchev–Trinajstić information content (AvgIpc) is 2.59. The third-order valence-electron chi connectivity index (χ3n) is 4.67. The molecule has 0 aromatic heterocycles. The molecule has 3 rings (SSSR count). The van der Waals surface area contributed by atoms with E-state index in [-0.39, 0.29) is 18.0 Å². The first-order chi connectivity index (χ1) is 12.9. The van der Waals surface area contributed by atoms with Crippen molar-refractivity contribution in [1.29, 1.82) is 0 Å². The Morgan fingerprint density at radius 3 is 2.44 bits per heavy atom. The van der Waals surface area contributed by atoms with Gasteiger partial charge >= 0.3 is 5.97 Å². The molecule has 1 fully saturated rings. The Hall–Kier alpha value is -3.22. The van der Waals surface area contributed by atoms with Crippen molar-refractivity contribution in [2.24, 2.45) is 11.8 Å². The van der Waals surface area contributed by atoms with Crippen LogP contribution in [0.4, 0.5) is 10.1 Å². The van der Waals surface area contributed by atoms with E-state index in [1.165, 1.54) is 18.2 Å². The van der Waals surface area contributed by atoms with E-state index in [0.717, 1.165) is 11.6 Å². The SMILES string of the molecule is O=C(Nc1cccc(CNC(=O)C2CCC2C(=O)O)c1)c1cccc(F)c1. The first kappa shape index (κ1) is 18.6. The monoisotopic (exact) mass is 370 g/mol. The van der Waals surface area contributed by atoms with Gasteiger partial charge in [0.25, 0.3) is 5.91 Å². The summed E-state index contributed by atoms with van der Waals surface area (Å²) < 4.78 is 13.2. The molecular formula is C20H19FN2O4. The molecule has 0 heterocycles. The number of carboxylic acid groups (broad SMARTS) is 1. The fourth-order valence-corrected chi connectivity index (χ4v) is 3.02. The Bertz CT molecular complexity index is 884. The van der Waals surface area contributed by atoms with E-state index >= 15 is 0 Å². The number of benzene rings is 2. The van der Waals surface area contributed by atoms with Crippen LogP contribution in [0.1, 0.15) is 28.8 Å². The third kappa shape index (κ3) is 4.49. The van der Waals surface area contributed by atoms with Gasteiger partial charge < -0.3 is 15.7 Å². The van der Waals surface area contributed by atoms with E-state index in [9.17, 15) is 18.8 Å². The topological polar surface area (TPSA) is 95.5 Å². The number of aliphatic carboxylic acids is 1. The lowest BCUT2D eigenvalue weighted by molar-refractivity contribution is -0.152. The van der Waals surface area contributed by atoms with E-state index < -0.39 is 29.5 Å². The molecule has 0 spiro atoms. The van der Waals surface area contributed by atoms with E-state index in [1.807, 2.05) is 0 Å². The highest BCUT2D eigenvalue weighted by Crippen LogP contribution is 2.34. The first-order valence-electron chi connectivity index (χ1n) is 8.60. The third-order valence-corrected chi connectivity index (χ3v) is 4.67. The summed E-state index contributed by atoms with van der Waals surface area (Å²) >= 11 is 0. The maximum absolute atomic E-state index is 13.2. The summed E-state index contributed by atoms with van der Waals surface area (Å²) in [6.07, 6.45) is 1.10. The van der Waals surface area contributed by atoms with Crippen molar-refractivity contribution in [2.45, 2.75) is 19.4 Å². The quantitative estimate of drug-likeness (QED) is 0.729. The lowest BCUT2D eigenvalue weighted by Gasteiger charge is -2.31. The van der Waals surface area contributed by atoms with Crippen molar-refractivity contribution in [1.82, 2.24) is 5.32 Å². The zero-order valence-corrected chi connectivity index (χ0v) is 14.4. The molecule has 0 radical (unpaired) electrons. The van der Waals surface area contributed by atoms with E-state index in [0.29, 0.717) is 18.5 Å². The fraction of sp³-hybridized carbons (Fsp3) is 0.250. The van der Waals surface area contributed by atoms with Crippen LogP contribution in [0.5, 0.6) is 0 Å². The summed E-state index contributed by atoms with van der Waals surface area (Å²) in [7, 11) is 0. The lowest BCUT2D eigenvalue weighted by atomic mass is 9.73. The number of anilines is 1. The number of carbonyl (C=O) groups excluding carboxylic acids is 2. The van der Waals surface area contributed by atoms with Crippen molar-refractivity contribution < 1.29 is 23.9 Å². The highest BCUT2D eigenvalue weighted by atomic mass is 19.1. The van der Waals surface area contributed by atoms with Gasteiger partial charge in [-0.1, -0.05) is 18.2 Å². The largest absolute Gasteiger partial charge is 0.481 e. The summed E-state index contributed by atoms with van der Waals surface area (Å²) in [5.74, 6) is -3.24. The predicted octanol–water partition coefficient (Wildman–Crippen LogP) is 2.81. The molecule has 2 aromatic carbocycles. The zero-order chi connectivity index (χ0) is 19.4. The summed E-state index contributed by atoms with van der Waals surface area (Å²) in [6.45, 7) is 0.228. The van der Waals surface area contributed by atoms with Gasteiger partial charge in [-0.25, -0.2) is 4.39 Å². The standard InChI is InChI=1S/C20H19FN2O4/c21-14-5-2-4-13(10-14)18(24)23-15-6-1-3-12(9-15)11-22-19(25)16-7-8-17(16)20(26)27/h1-6,9-10,16-17H,7-8,11H2,(H,22,25)(H,23,24)(H,26,27). The molecule has 1 aliphatic rings. The minimum absolute atomic E-state index is 0.207. The van der Waals surface area contributed by atoms with Gasteiger partial charge in [0.2, 0.25) is 5.91 Å². The number of hydrogen-bond acceptors (Lipinski definition) is 3. The molecule has 0 saturated heterocycles. The van der Waals surface area contributed by atoms with E-state index in [4.69, 9.17) is 5.11 Å². The molecule has 7 heteroatoms. The second-order valence-corrected chi connectivity index (χ2v) is 6.51. The second-order valence-electron chi connectivity index (χ2n) is 6.51. The molecule has 1 saturated carbocycles. The maximum atomic E-state index is 13.2. The van der Waals surface area contributed by atoms with Crippen LogP contribution in [-0.4, -0.2) is 22.9 Å². The average molecular weight is 370 g/mol. The van der Waals surface area contributed by atoms with Crippen LogP contribution in [0, 0.1) is 17.7 Å². The number of amides is 2. The number of hydrogen-bond donors (Lipinski definition) is 3. The molecule has 140 valence electrons. The van der Waals surface area contributed by atoms with E-state index in [1.54, 1.807) is 24.3 Å². The Kier molecular flexibility index (Phi) is 5.49. The van der Waals surface area contributed by atoms with Crippen LogP contribution < -0.4 is 10.6 Å². The predicted molar refractivity (Wildman–Crippen MR) is 96.5 cm³/mol. The van der Waals surface area contributed by atoms with E-state index in [2.05, 4.69) is 10.6 Å². The smallest absolute Gasteiger partial charge is 0.307 e. The Balaban J connectivity index is 1.58. The van der Waals surface area contributed by atoms with Crippen LogP contribution in [0.25, 0.3) is 0 Å². The molecule has 2 atom stereocenters. The van der Waals surface area contributed by atoms with Crippen LogP contribution in [0.3, 0.4) is 0 Å². The van der Waals surface area contributed by atoms with Crippen molar-refractivity contribution in [3.05, 3.63) is 65.5 Å². The van der Waals surface area contributed by atoms with Crippen molar-refractivity contribution in [3.8, 4) is 0 Å². The van der Waals surface area contributed by atoms with Crippen LogP contribution >= 0.6 is 0 Å². The number of nitrogens with one attached hydrogen (secondary N) is 2. The second kappa shape index (κ2) is 7.99. The number of rotatable bonds is 6. The maximum Gasteiger partial charge on any atom is 0.307 e. The summed E-state index contributed by atoms with van der Waals surface area (Å²) in [5, 5.41) is 14.5. The molecule has 0 aliphatic heterocycles. The summed E-state index contributed by atoms with van der Waals surface area (Å²) in [4.78, 5) is 35.3. The van der Waals surface area contributed by atoms with Crippen molar-refractivity contribution >= 4 is 23.5 Å². The van der Waals surface area contributed by atoms with Crippen molar-refractivity contribution in [3.63, 3.8) is 0 Å². The number of halogens is 1. The van der Waals surface area contributed by atoms with Crippen LogP contribution in [-0.2, 0) is 16.1 Å². The minimum Gasteiger partial charge on any atom is -0.481 e. The van der Waals surface area contributed by atoms with Gasteiger partial charge in [0.15, 0.2) is 0 Å². The van der Waals surface area contributed by atoms with Gasteiger partial charge in [-0.15, -0.1) is 0 Å². The molecule has 2 unspecified atom stereocenters. The Labute approximate surface area is 155 Å². The molecule has 3 N–H and O–H groups in total. The highest BCUT2D eigenvalue weighted by molar-refractivity contribution is 6.04. The van der Waals surface area contributed by atoms with Gasteiger partial charge in [0.1, 0.15) is 5.82 Å². The number of carbonyl (C=O) groups is 3. The molecule has 2 aromatic rings. The minimum atomic E-state index is -0.941.